The van der Waals surface area contributed by atoms with Crippen LogP contribution in [-0.2, 0) is 21.4 Å². The van der Waals surface area contributed by atoms with Gasteiger partial charge in [-0.15, -0.1) is 15.0 Å². The number of anilines is 1. The summed E-state index contributed by atoms with van der Waals surface area (Å²) >= 11 is 0. The summed E-state index contributed by atoms with van der Waals surface area (Å²) in [6.45, 7) is 15.7. The van der Waals surface area contributed by atoms with E-state index in [1.165, 1.54) is 28.2 Å². The highest BCUT2D eigenvalue weighted by Crippen LogP contribution is 2.35. The van der Waals surface area contributed by atoms with Crippen LogP contribution in [0.2, 0.25) is 0 Å². The Morgan fingerprint density at radius 2 is 0.839 bits per heavy atom. The Hall–Kier alpha value is -13.8. The number of rotatable bonds is 15. The normalized spacial score (nSPS) is 17.3. The van der Waals surface area contributed by atoms with Gasteiger partial charge in [-0.3, -0.25) is 52.1 Å². The molecule has 5 N–H and O–H groups in total. The lowest BCUT2D eigenvalue weighted by Crippen LogP contribution is -2.43. The molecule has 1 atom stereocenters. The summed E-state index contributed by atoms with van der Waals surface area (Å²) in [6, 6.07) is 26.9. The van der Waals surface area contributed by atoms with Gasteiger partial charge >= 0.3 is 12.1 Å². The van der Waals surface area contributed by atoms with E-state index in [4.69, 9.17) is 21.3 Å². The van der Waals surface area contributed by atoms with Crippen LogP contribution in [0.3, 0.4) is 0 Å². The van der Waals surface area contributed by atoms with Gasteiger partial charge in [-0.05, 0) is 195 Å². The fourth-order valence-corrected chi connectivity index (χ4v) is 15.1. The molecular weight excluding hydrogens is 1600 g/mol. The third-order valence-corrected chi connectivity index (χ3v) is 23.5. The highest BCUT2D eigenvalue weighted by atomic mass is 19.2. The van der Waals surface area contributed by atoms with E-state index in [0.717, 1.165) is 44.3 Å². The molecule has 18 rings (SSSR count). The number of amides is 6. The van der Waals surface area contributed by atoms with Crippen LogP contribution in [0.1, 0.15) is 163 Å². The van der Waals surface area contributed by atoms with Crippen molar-refractivity contribution in [1.29, 1.82) is 0 Å². The molecule has 6 amide bonds. The van der Waals surface area contributed by atoms with Gasteiger partial charge in [0.2, 0.25) is 5.91 Å². The number of piperidine rings is 4. The molecule has 32 nitrogen and oxygen atoms in total. The van der Waals surface area contributed by atoms with Crippen molar-refractivity contribution < 1.29 is 61.0 Å². The summed E-state index contributed by atoms with van der Waals surface area (Å²) in [5, 5.41) is 24.5. The van der Waals surface area contributed by atoms with E-state index in [1.807, 2.05) is 93.8 Å². The number of carboxylic acid groups (broad SMARTS) is 1. The van der Waals surface area contributed by atoms with Crippen molar-refractivity contribution in [2.24, 2.45) is 11.5 Å². The summed E-state index contributed by atoms with van der Waals surface area (Å²) in [7, 11) is 0. The van der Waals surface area contributed by atoms with Crippen molar-refractivity contribution in [2.75, 3.05) is 70.3 Å². The molecule has 5 fully saturated rings. The molecule has 124 heavy (non-hydrogen) atoms. The number of aromatic nitrogens is 16. The zero-order valence-electron chi connectivity index (χ0n) is 69.4. The molecule has 0 aromatic carbocycles. The van der Waals surface area contributed by atoms with Gasteiger partial charge in [0.1, 0.15) is 63.0 Å². The third-order valence-electron chi connectivity index (χ3n) is 23.5. The van der Waals surface area contributed by atoms with Gasteiger partial charge < -0.3 is 40.9 Å². The number of primary amides is 1. The van der Waals surface area contributed by atoms with Crippen LogP contribution in [-0.4, -0.2) is 239 Å². The number of carbonyl (C=O) groups is 7. The lowest BCUT2D eigenvalue weighted by molar-refractivity contribution is -0.122. The first kappa shape index (κ1) is 85.2. The smallest absolute Gasteiger partial charge is 0.415 e. The molecule has 0 spiro atoms. The quantitative estimate of drug-likeness (QED) is 0.0802. The minimum atomic E-state index is -1.21. The van der Waals surface area contributed by atoms with Gasteiger partial charge in [0.15, 0.2) is 11.6 Å². The highest BCUT2D eigenvalue weighted by Gasteiger charge is 2.38. The van der Waals surface area contributed by atoms with Crippen LogP contribution in [0.5, 0.6) is 0 Å². The Morgan fingerprint density at radius 1 is 0.468 bits per heavy atom. The molecule has 0 aliphatic carbocycles. The molecule has 642 valence electrons. The van der Waals surface area contributed by atoms with E-state index >= 15 is 0 Å². The maximum absolute atomic E-state index is 14.1. The number of aromatic carboxylic acids is 1. The predicted molar refractivity (Wildman–Crippen MR) is 452 cm³/mol. The van der Waals surface area contributed by atoms with Gasteiger partial charge in [0.25, 0.3) is 23.6 Å². The Kier molecular flexibility index (Phi) is 23.8. The molecule has 0 bridgehead atoms. The van der Waals surface area contributed by atoms with Crippen LogP contribution in [0.4, 0.5) is 28.2 Å². The second kappa shape index (κ2) is 34.6. The molecule has 0 radical (unpaired) electrons. The van der Waals surface area contributed by atoms with Crippen molar-refractivity contribution in [3.8, 4) is 28.7 Å². The summed E-state index contributed by atoms with van der Waals surface area (Å²) < 4.78 is 68.6. The zero-order valence-corrected chi connectivity index (χ0v) is 69.4. The molecule has 5 aliphatic rings. The number of nitrogens with zero attached hydrogens (tertiary/aromatic N) is 21. The van der Waals surface area contributed by atoms with Gasteiger partial charge in [0.05, 0.1) is 75.4 Å². The van der Waals surface area contributed by atoms with E-state index in [9.17, 15) is 51.1 Å². The van der Waals surface area contributed by atoms with Crippen molar-refractivity contribution in [3.63, 3.8) is 0 Å². The van der Waals surface area contributed by atoms with Crippen LogP contribution >= 0.6 is 0 Å². The van der Waals surface area contributed by atoms with Crippen LogP contribution in [0, 0.1) is 0 Å². The number of ether oxygens (including phenoxy) is 1. The standard InChI is InChI=1S/C23H25FN6O3.C23H26FN5O2.C22H23FN8O.C20H19FN4O3/c1-23(24)5-8-28(9-6-23)21(31)16-10-15-4-7-29(20(15)27-12-16)17-2-3-19(26-13-17)30-14-18(11-25)33-22(30)32;1-22(2,21(25)31)17-11-18(14-26-13-17)29-7-4-15-10-16(12-27-19(15)29)20(30)28-8-5-23(3,24)6-9-28;1-3-18-26-28-31(27-18)19-5-4-17(14-24-19)30-9-6-15-12-16(13-25-20(15)30)21(32)29-10-7-22(2,23)8-11-29;1-20(21)5-8-24(9-6-20)18(26)15-10-13-4-7-25(17(13)23-12-15)16-3-2-14(11-22-16)19(27)28/h2-4,7,10,12-13,18H,5-6,8-9,11,14,25H2,1H3;4,7,10-14H,5-6,8-9H2,1-3H3,(H2,25,31);4-6,9,12-14H,3,7-8,10-11H2,1-2H3;2-4,7,10-12H,5-6,8-9H2,1H3,(H,27,28)/t18-;;;/m1.../s1. The Balaban J connectivity index is 0.000000128. The molecule has 5 aliphatic heterocycles. The van der Waals surface area contributed by atoms with Crippen molar-refractivity contribution in [3.05, 3.63) is 211 Å². The lowest BCUT2D eigenvalue weighted by Gasteiger charge is -2.34. The number of alkyl halides is 4. The average Bonchev–Trinajstić information content (AvgIpc) is 1.60. The first-order valence-corrected chi connectivity index (χ1v) is 40.9. The summed E-state index contributed by atoms with van der Waals surface area (Å²) in [6.07, 6.45) is 24.2. The molecule has 5 saturated heterocycles. The Bertz CT molecular complexity index is 6160. The summed E-state index contributed by atoms with van der Waals surface area (Å²) in [5.74, 6) is 0.250. The minimum Gasteiger partial charge on any atom is -0.478 e. The van der Waals surface area contributed by atoms with Crippen molar-refractivity contribution in [1.82, 2.24) is 97.9 Å². The number of aryl methyl sites for hydroxylation is 1. The number of fused-ring (bicyclic) bond motifs is 4. The molecule has 36 heteroatoms. The number of carbonyl (C=O) groups excluding carboxylic acids is 6. The fourth-order valence-electron chi connectivity index (χ4n) is 15.1. The third kappa shape index (κ3) is 18.5. The van der Waals surface area contributed by atoms with Crippen LogP contribution in [0.15, 0.2) is 172 Å². The highest BCUT2D eigenvalue weighted by molar-refractivity contribution is 6.00. The van der Waals surface area contributed by atoms with Crippen molar-refractivity contribution in [2.45, 2.75) is 140 Å². The summed E-state index contributed by atoms with van der Waals surface area (Å²) in [4.78, 5) is 131. The summed E-state index contributed by atoms with van der Waals surface area (Å²) in [5.41, 5.74) is 13.2. The molecule has 0 saturated carbocycles. The van der Waals surface area contributed by atoms with E-state index in [2.05, 4.69) is 55.3 Å². The molecule has 18 heterocycles. The van der Waals surface area contributed by atoms with Gasteiger partial charge in [-0.2, -0.15) is 0 Å². The topological polar surface area (TPSA) is 384 Å². The fraction of sp³-hybridized carbons (Fsp3) is 0.364. The molecule has 0 unspecified atom stereocenters. The average molecular weight is 1690 g/mol. The Labute approximate surface area is 708 Å². The number of halogens is 4. The monoisotopic (exact) mass is 1690 g/mol. The Morgan fingerprint density at radius 3 is 1.19 bits per heavy atom. The lowest BCUT2D eigenvalue weighted by atomic mass is 9.85. The SMILES string of the molecule is CC1(F)CCN(C(=O)c2cnc3c(ccn3-c3ccc(C(=O)O)cn3)c2)CC1.CC1(F)CCN(C(=O)c2cnc3c(ccn3-c3ccc(N4C[C@@H](CN)OC4=O)nc3)c2)CC1.CC1(F)CCN(C(=O)c2cnc3c(ccn3-c3cncc(C(C)(C)C(N)=O)c3)c2)CC1.CCc1nnn(-c2ccc(-n3ccc4cc(C(=O)N5CCC(C)(F)CC5)cnc43)cn2)n1. The predicted octanol–water partition coefficient (Wildman–Crippen LogP) is 11.8. The van der Waals surface area contributed by atoms with Crippen LogP contribution < -0.4 is 16.4 Å². The van der Waals surface area contributed by atoms with Gasteiger partial charge in [0, 0.05) is 149 Å². The first-order chi connectivity index (χ1) is 59.2. The minimum absolute atomic E-state index is 0.104. The largest absolute Gasteiger partial charge is 0.478 e. The van der Waals surface area contributed by atoms with E-state index in [0.29, 0.717) is 185 Å². The second-order valence-corrected chi connectivity index (χ2v) is 33.2. The molecule has 13 aromatic rings. The zero-order chi connectivity index (χ0) is 87.7. The van der Waals surface area contributed by atoms with E-state index in [1.54, 1.807) is 146 Å². The number of carboxylic acids is 1. The molecule has 13 aromatic heterocycles. The van der Waals surface area contributed by atoms with Gasteiger partial charge in [-0.25, -0.2) is 62.0 Å². The van der Waals surface area contributed by atoms with Crippen LogP contribution in [0.25, 0.3) is 72.8 Å². The molecular formula is C88H93F4N23O9. The number of cyclic esters (lactones) is 1. The second-order valence-electron chi connectivity index (χ2n) is 33.2. The number of pyridine rings is 8. The van der Waals surface area contributed by atoms with E-state index < -0.39 is 46.1 Å². The number of likely N-dealkylation sites (tertiary alicyclic amines) is 4. The first-order valence-electron chi connectivity index (χ1n) is 40.9. The van der Waals surface area contributed by atoms with Crippen molar-refractivity contribution >= 4 is 91.5 Å². The number of hydrogen-bond acceptors (Lipinski definition) is 20. The number of nitrogens with two attached hydrogens (primary N) is 2. The van der Waals surface area contributed by atoms with E-state index in [-0.39, 0.29) is 41.8 Å². The van der Waals surface area contributed by atoms with Gasteiger partial charge in [-0.1, -0.05) is 6.92 Å². The maximum Gasteiger partial charge on any atom is 0.415 e. The number of hydrogen-bond donors (Lipinski definition) is 3. The number of tetrazole rings is 1. The maximum atomic E-state index is 14.1.